The Bertz CT molecular complexity index is 1130. The molecule has 0 saturated carbocycles. The standard InChI is InChI=1S/C11H8BrClN2O.C11H10ClN3O/c1-16-11-5-10(14-6-15-11)8-4-7(13)2-3-9(8)12;1-16-11-5-10(14-6-15-11)8-4-7(12)2-3-9(8)13/h2-6H,1H3;2-6H,13H2,1H3. The molecule has 4 rings (SSSR count). The van der Waals surface area contributed by atoms with Crippen molar-refractivity contribution in [3.05, 3.63) is 75.7 Å². The SMILES string of the molecule is COc1cc(-c2cc(Cl)ccc2Br)ncn1.COc1cc(-c2cc(Cl)ccc2N)ncn1. The fourth-order valence-corrected chi connectivity index (χ4v) is 3.43. The molecule has 4 aromatic rings. The van der Waals surface area contributed by atoms with E-state index in [-0.39, 0.29) is 0 Å². The fourth-order valence-electron chi connectivity index (χ4n) is 2.64. The number of hydrogen-bond donors (Lipinski definition) is 1. The molecule has 32 heavy (non-hydrogen) atoms. The number of anilines is 1. The number of ether oxygens (including phenoxy) is 2. The highest BCUT2D eigenvalue weighted by Crippen LogP contribution is 2.30. The van der Waals surface area contributed by atoms with Gasteiger partial charge >= 0.3 is 0 Å². The quantitative estimate of drug-likeness (QED) is 0.323. The maximum Gasteiger partial charge on any atom is 0.216 e. The minimum absolute atomic E-state index is 0.490. The van der Waals surface area contributed by atoms with Crippen LogP contribution in [0.1, 0.15) is 0 Å². The Morgan fingerprint density at radius 3 is 1.78 bits per heavy atom. The van der Waals surface area contributed by atoms with Gasteiger partial charge in [-0.2, -0.15) is 0 Å². The number of aromatic nitrogens is 4. The molecule has 2 aromatic heterocycles. The van der Waals surface area contributed by atoms with Gasteiger partial charge in [-0.3, -0.25) is 0 Å². The van der Waals surface area contributed by atoms with E-state index >= 15 is 0 Å². The van der Waals surface area contributed by atoms with Crippen molar-refractivity contribution in [2.24, 2.45) is 0 Å². The third kappa shape index (κ3) is 6.06. The van der Waals surface area contributed by atoms with Gasteiger partial charge in [-0.05, 0) is 36.4 Å². The third-order valence-electron chi connectivity index (χ3n) is 4.20. The number of rotatable bonds is 4. The van der Waals surface area contributed by atoms with Crippen LogP contribution < -0.4 is 15.2 Å². The second-order valence-corrected chi connectivity index (χ2v) is 7.97. The average molecular weight is 535 g/mol. The summed E-state index contributed by atoms with van der Waals surface area (Å²) >= 11 is 15.3. The molecule has 0 atom stereocenters. The van der Waals surface area contributed by atoms with Crippen molar-refractivity contribution in [3.8, 4) is 34.3 Å². The summed E-state index contributed by atoms with van der Waals surface area (Å²) in [5.74, 6) is 1.02. The Kier molecular flexibility index (Phi) is 8.21. The molecule has 0 amide bonds. The summed E-state index contributed by atoms with van der Waals surface area (Å²) in [6, 6.07) is 14.2. The first-order valence-corrected chi connectivity index (χ1v) is 10.7. The van der Waals surface area contributed by atoms with Crippen molar-refractivity contribution in [2.75, 3.05) is 20.0 Å². The predicted octanol–water partition coefficient (Wildman–Crippen LogP) is 5.96. The molecule has 0 spiro atoms. The van der Waals surface area contributed by atoms with Gasteiger partial charge in [0.15, 0.2) is 0 Å². The van der Waals surface area contributed by atoms with Gasteiger partial charge < -0.3 is 15.2 Å². The van der Waals surface area contributed by atoms with Crippen molar-refractivity contribution in [1.82, 2.24) is 19.9 Å². The number of nitrogens with zero attached hydrogens (tertiary/aromatic N) is 4. The Labute approximate surface area is 203 Å². The number of methoxy groups -OCH3 is 2. The van der Waals surface area contributed by atoms with E-state index in [0.717, 1.165) is 21.3 Å². The van der Waals surface area contributed by atoms with E-state index < -0.39 is 0 Å². The van der Waals surface area contributed by atoms with Crippen molar-refractivity contribution < 1.29 is 9.47 Å². The summed E-state index contributed by atoms with van der Waals surface area (Å²) in [6.07, 6.45) is 2.88. The van der Waals surface area contributed by atoms with Crippen LogP contribution in [0.3, 0.4) is 0 Å². The van der Waals surface area contributed by atoms with E-state index in [9.17, 15) is 0 Å². The highest BCUT2D eigenvalue weighted by molar-refractivity contribution is 9.10. The molecule has 0 unspecified atom stereocenters. The molecule has 0 saturated heterocycles. The summed E-state index contributed by atoms with van der Waals surface area (Å²) in [6.45, 7) is 0. The Balaban J connectivity index is 0.000000181. The molecule has 0 bridgehead atoms. The molecular formula is C22H18BrCl2N5O2. The number of nitrogen functional groups attached to an aromatic ring is 1. The lowest BCUT2D eigenvalue weighted by molar-refractivity contribution is 0.397. The zero-order chi connectivity index (χ0) is 23.1. The van der Waals surface area contributed by atoms with Gasteiger partial charge in [-0.15, -0.1) is 0 Å². The topological polar surface area (TPSA) is 96.0 Å². The Hall–Kier alpha value is -2.94. The normalized spacial score (nSPS) is 10.2. The van der Waals surface area contributed by atoms with Crippen LogP contribution >= 0.6 is 39.1 Å². The maximum absolute atomic E-state index is 5.94. The van der Waals surface area contributed by atoms with Gasteiger partial charge in [0.1, 0.15) is 12.7 Å². The average Bonchev–Trinajstić information content (AvgIpc) is 2.82. The number of hydrogen-bond acceptors (Lipinski definition) is 7. The van der Waals surface area contributed by atoms with E-state index in [0.29, 0.717) is 33.2 Å². The van der Waals surface area contributed by atoms with Crippen LogP contribution in [0.4, 0.5) is 5.69 Å². The summed E-state index contributed by atoms with van der Waals surface area (Å²) in [5.41, 5.74) is 9.60. The van der Waals surface area contributed by atoms with Gasteiger partial charge in [0.25, 0.3) is 0 Å². The first-order valence-electron chi connectivity index (χ1n) is 9.14. The van der Waals surface area contributed by atoms with Crippen molar-refractivity contribution in [2.45, 2.75) is 0 Å². The van der Waals surface area contributed by atoms with Gasteiger partial charge in [0.2, 0.25) is 11.8 Å². The Morgan fingerprint density at radius 1 is 0.719 bits per heavy atom. The van der Waals surface area contributed by atoms with E-state index in [2.05, 4.69) is 35.9 Å². The van der Waals surface area contributed by atoms with Crippen molar-refractivity contribution in [1.29, 1.82) is 0 Å². The molecule has 0 aliphatic heterocycles. The van der Waals surface area contributed by atoms with Gasteiger partial charge in [0.05, 0.1) is 25.6 Å². The minimum Gasteiger partial charge on any atom is -0.481 e. The van der Waals surface area contributed by atoms with Crippen LogP contribution in [0, 0.1) is 0 Å². The molecule has 0 radical (unpaired) electrons. The molecule has 0 fully saturated rings. The lowest BCUT2D eigenvalue weighted by Crippen LogP contribution is -1.94. The summed E-state index contributed by atoms with van der Waals surface area (Å²) < 4.78 is 11.0. The molecule has 7 nitrogen and oxygen atoms in total. The third-order valence-corrected chi connectivity index (χ3v) is 5.36. The number of benzene rings is 2. The van der Waals surface area contributed by atoms with Crippen LogP contribution in [-0.4, -0.2) is 34.2 Å². The van der Waals surface area contributed by atoms with Crippen LogP contribution in [-0.2, 0) is 0 Å². The van der Waals surface area contributed by atoms with E-state index in [4.69, 9.17) is 38.4 Å². The van der Waals surface area contributed by atoms with Crippen LogP contribution in [0.25, 0.3) is 22.5 Å². The molecular weight excluding hydrogens is 517 g/mol. The monoisotopic (exact) mass is 533 g/mol. The van der Waals surface area contributed by atoms with Crippen molar-refractivity contribution in [3.63, 3.8) is 0 Å². The molecule has 10 heteroatoms. The van der Waals surface area contributed by atoms with E-state index in [1.165, 1.54) is 12.7 Å². The highest BCUT2D eigenvalue weighted by Gasteiger charge is 2.08. The largest absolute Gasteiger partial charge is 0.481 e. The first kappa shape index (κ1) is 23.7. The summed E-state index contributed by atoms with van der Waals surface area (Å²) in [4.78, 5) is 16.2. The molecule has 0 aliphatic rings. The number of halogens is 3. The smallest absolute Gasteiger partial charge is 0.216 e. The molecule has 2 aromatic carbocycles. The molecule has 164 valence electrons. The lowest BCUT2D eigenvalue weighted by atomic mass is 10.1. The zero-order valence-corrected chi connectivity index (χ0v) is 20.2. The Morgan fingerprint density at radius 2 is 1.22 bits per heavy atom. The van der Waals surface area contributed by atoms with Gasteiger partial charge in [0, 0.05) is 43.5 Å². The van der Waals surface area contributed by atoms with Gasteiger partial charge in [-0.1, -0.05) is 39.1 Å². The van der Waals surface area contributed by atoms with Crippen LogP contribution in [0.15, 0.2) is 65.7 Å². The van der Waals surface area contributed by atoms with Crippen LogP contribution in [0.2, 0.25) is 10.0 Å². The summed E-state index contributed by atoms with van der Waals surface area (Å²) in [5, 5.41) is 1.28. The highest BCUT2D eigenvalue weighted by atomic mass is 79.9. The van der Waals surface area contributed by atoms with E-state index in [1.54, 1.807) is 44.6 Å². The second kappa shape index (κ2) is 11.1. The molecule has 0 aliphatic carbocycles. The predicted molar refractivity (Wildman–Crippen MR) is 130 cm³/mol. The second-order valence-electron chi connectivity index (χ2n) is 6.25. The first-order chi connectivity index (χ1) is 15.4. The number of nitrogens with two attached hydrogens (primary N) is 1. The van der Waals surface area contributed by atoms with Gasteiger partial charge in [-0.25, -0.2) is 19.9 Å². The van der Waals surface area contributed by atoms with Crippen LogP contribution in [0.5, 0.6) is 11.8 Å². The summed E-state index contributed by atoms with van der Waals surface area (Å²) in [7, 11) is 3.12. The molecule has 2 heterocycles. The maximum atomic E-state index is 5.94. The fraction of sp³-hybridized carbons (Fsp3) is 0.0909. The minimum atomic E-state index is 0.490. The zero-order valence-electron chi connectivity index (χ0n) is 17.1. The van der Waals surface area contributed by atoms with E-state index in [1.807, 2.05) is 18.2 Å². The molecule has 2 N–H and O–H groups in total. The lowest BCUT2D eigenvalue weighted by Gasteiger charge is -2.06. The van der Waals surface area contributed by atoms with Crippen molar-refractivity contribution >= 4 is 44.8 Å².